The first kappa shape index (κ1) is 9.62. The highest BCUT2D eigenvalue weighted by Crippen LogP contribution is 2.20. The molecule has 0 spiro atoms. The molecule has 0 aliphatic heterocycles. The molecule has 1 aromatic carbocycles. The molecule has 6 nitrogen and oxygen atoms in total. The van der Waals surface area contributed by atoms with Gasteiger partial charge in [-0.2, -0.15) is 8.42 Å². The maximum Gasteiger partial charge on any atom is 0.396 e. The van der Waals surface area contributed by atoms with Crippen LogP contribution in [0.3, 0.4) is 0 Å². The zero-order chi connectivity index (χ0) is 9.90. The second-order valence-electron chi connectivity index (χ2n) is 2.19. The summed E-state index contributed by atoms with van der Waals surface area (Å²) in [5.74, 6) is 0. The molecule has 0 saturated carbocycles. The topological polar surface area (TPSA) is 105 Å². The zero-order valence-corrected chi connectivity index (χ0v) is 7.27. The van der Waals surface area contributed by atoms with Gasteiger partial charge in [0.15, 0.2) is 0 Å². The van der Waals surface area contributed by atoms with Crippen molar-refractivity contribution in [1.82, 2.24) is 0 Å². The minimum absolute atomic E-state index is 0.195. The Hall–Kier alpha value is -1.47. The van der Waals surface area contributed by atoms with Crippen LogP contribution in [0.4, 0.5) is 11.4 Å². The Kier molecular flexibility index (Phi) is 2.59. The fourth-order valence-electron chi connectivity index (χ4n) is 0.674. The van der Waals surface area contributed by atoms with Crippen molar-refractivity contribution in [1.29, 1.82) is 0 Å². The number of anilines is 1. The van der Waals surface area contributed by atoms with Crippen LogP contribution in [0, 0.1) is 0 Å². The van der Waals surface area contributed by atoms with Crippen LogP contribution >= 0.6 is 0 Å². The predicted molar refractivity (Wildman–Crippen MR) is 46.9 cm³/mol. The third kappa shape index (κ3) is 3.18. The SMILES string of the molecule is Nc1ccccc1N=NS(=O)(=O)O. The van der Waals surface area contributed by atoms with E-state index >= 15 is 0 Å². The van der Waals surface area contributed by atoms with E-state index in [0.29, 0.717) is 0 Å². The average Bonchev–Trinajstić information content (AvgIpc) is 2.01. The number of hydrogen-bond acceptors (Lipinski definition) is 4. The van der Waals surface area contributed by atoms with E-state index in [9.17, 15) is 8.42 Å². The van der Waals surface area contributed by atoms with Gasteiger partial charge in [-0.15, -0.1) is 5.11 Å². The molecule has 0 aromatic heterocycles. The largest absolute Gasteiger partial charge is 0.397 e. The summed E-state index contributed by atoms with van der Waals surface area (Å²) >= 11 is 0. The molecule has 0 atom stereocenters. The van der Waals surface area contributed by atoms with E-state index in [1.807, 2.05) is 0 Å². The van der Waals surface area contributed by atoms with E-state index < -0.39 is 10.3 Å². The molecular formula is C6H7N3O3S. The number of rotatable bonds is 2. The number of nitrogen functional groups attached to an aromatic ring is 1. The molecule has 0 heterocycles. The monoisotopic (exact) mass is 201 g/mol. The molecule has 3 N–H and O–H groups in total. The van der Waals surface area contributed by atoms with Gasteiger partial charge in [0, 0.05) is 0 Å². The Morgan fingerprint density at radius 3 is 2.46 bits per heavy atom. The van der Waals surface area contributed by atoms with Gasteiger partial charge in [0.05, 0.1) is 5.69 Å². The molecule has 0 bridgehead atoms. The summed E-state index contributed by atoms with van der Waals surface area (Å²) in [5.41, 5.74) is 5.90. The lowest BCUT2D eigenvalue weighted by molar-refractivity contribution is 0.482. The van der Waals surface area contributed by atoms with Crippen LogP contribution in [-0.2, 0) is 10.3 Å². The van der Waals surface area contributed by atoms with Gasteiger partial charge < -0.3 is 5.73 Å². The first-order valence-corrected chi connectivity index (χ1v) is 4.64. The molecule has 0 amide bonds. The lowest BCUT2D eigenvalue weighted by atomic mass is 10.3. The molecule has 0 radical (unpaired) electrons. The summed E-state index contributed by atoms with van der Waals surface area (Å²) in [7, 11) is -4.44. The summed E-state index contributed by atoms with van der Waals surface area (Å²) in [6.45, 7) is 0. The first-order valence-electron chi connectivity index (χ1n) is 3.24. The summed E-state index contributed by atoms with van der Waals surface area (Å²) in [6, 6.07) is 6.30. The Labute approximate surface area is 75.0 Å². The highest BCUT2D eigenvalue weighted by atomic mass is 32.2. The minimum atomic E-state index is -4.44. The van der Waals surface area contributed by atoms with Crippen molar-refractivity contribution in [2.45, 2.75) is 0 Å². The summed E-state index contributed by atoms with van der Waals surface area (Å²) in [6.07, 6.45) is 0. The molecule has 1 aromatic rings. The normalized spacial score (nSPS) is 12.1. The number of benzene rings is 1. The van der Waals surface area contributed by atoms with Gasteiger partial charge in [-0.05, 0) is 16.7 Å². The van der Waals surface area contributed by atoms with Crippen molar-refractivity contribution in [3.8, 4) is 0 Å². The van der Waals surface area contributed by atoms with E-state index in [0.717, 1.165) is 0 Å². The van der Waals surface area contributed by atoms with E-state index in [2.05, 4.69) is 9.63 Å². The molecule has 0 unspecified atom stereocenters. The number of nitrogens with two attached hydrogens (primary N) is 1. The Balaban J connectivity index is 3.00. The third-order valence-electron chi connectivity index (χ3n) is 1.19. The second-order valence-corrected chi connectivity index (χ2v) is 3.25. The van der Waals surface area contributed by atoms with Crippen LogP contribution in [0.25, 0.3) is 0 Å². The maximum atomic E-state index is 10.2. The van der Waals surface area contributed by atoms with Crippen molar-refractivity contribution in [2.75, 3.05) is 5.73 Å². The van der Waals surface area contributed by atoms with Crippen LogP contribution in [0.5, 0.6) is 0 Å². The first-order chi connectivity index (χ1) is 5.99. The van der Waals surface area contributed by atoms with Gasteiger partial charge in [0.1, 0.15) is 5.69 Å². The van der Waals surface area contributed by atoms with E-state index in [4.69, 9.17) is 10.3 Å². The average molecular weight is 201 g/mol. The van der Waals surface area contributed by atoms with Crippen LogP contribution in [0.2, 0.25) is 0 Å². The number of nitrogens with zero attached hydrogens (tertiary/aromatic N) is 2. The quantitative estimate of drug-likeness (QED) is 0.425. The molecule has 7 heteroatoms. The summed E-state index contributed by atoms with van der Waals surface area (Å²) in [5, 5.41) is 3.24. The van der Waals surface area contributed by atoms with Gasteiger partial charge in [-0.3, -0.25) is 4.55 Å². The van der Waals surface area contributed by atoms with Gasteiger partial charge >= 0.3 is 10.3 Å². The van der Waals surface area contributed by atoms with E-state index in [-0.39, 0.29) is 11.4 Å². The summed E-state index contributed by atoms with van der Waals surface area (Å²) < 4.78 is 31.2. The second kappa shape index (κ2) is 3.50. The Morgan fingerprint density at radius 1 is 1.31 bits per heavy atom. The molecule has 13 heavy (non-hydrogen) atoms. The van der Waals surface area contributed by atoms with E-state index in [1.165, 1.54) is 6.07 Å². The van der Waals surface area contributed by atoms with Crippen molar-refractivity contribution in [3.05, 3.63) is 24.3 Å². The molecule has 1 rings (SSSR count). The van der Waals surface area contributed by atoms with Gasteiger partial charge in [0.25, 0.3) is 0 Å². The molecule has 70 valence electrons. The Bertz CT molecular complexity index is 427. The number of para-hydroxylation sites is 1. The van der Waals surface area contributed by atoms with Crippen molar-refractivity contribution >= 4 is 21.7 Å². The van der Waals surface area contributed by atoms with Gasteiger partial charge in [0.2, 0.25) is 0 Å². The predicted octanol–water partition coefficient (Wildman–Crippen LogP) is 1.16. The van der Waals surface area contributed by atoms with Crippen LogP contribution in [0.1, 0.15) is 0 Å². The van der Waals surface area contributed by atoms with Crippen LogP contribution in [0.15, 0.2) is 33.9 Å². The molecule has 0 aliphatic carbocycles. The third-order valence-corrected chi connectivity index (χ3v) is 1.48. The highest BCUT2D eigenvalue weighted by Gasteiger charge is 2.00. The van der Waals surface area contributed by atoms with Crippen LogP contribution < -0.4 is 5.73 Å². The maximum absolute atomic E-state index is 10.2. The van der Waals surface area contributed by atoms with Gasteiger partial charge in [-0.1, -0.05) is 12.1 Å². The lowest BCUT2D eigenvalue weighted by Crippen LogP contribution is -1.89. The van der Waals surface area contributed by atoms with Gasteiger partial charge in [-0.25, -0.2) is 0 Å². The van der Waals surface area contributed by atoms with E-state index in [1.54, 1.807) is 18.2 Å². The molecule has 0 aliphatic rings. The lowest BCUT2D eigenvalue weighted by Gasteiger charge is -1.94. The molecule has 0 fully saturated rings. The smallest absolute Gasteiger partial charge is 0.396 e. The highest BCUT2D eigenvalue weighted by molar-refractivity contribution is 7.84. The van der Waals surface area contributed by atoms with Crippen molar-refractivity contribution in [2.24, 2.45) is 9.63 Å². The number of hydrogen-bond donors (Lipinski definition) is 2. The summed E-state index contributed by atoms with van der Waals surface area (Å²) in [4.78, 5) is 0. The molecule has 0 saturated heterocycles. The Morgan fingerprint density at radius 2 is 1.92 bits per heavy atom. The fourth-order valence-corrected chi connectivity index (χ4v) is 0.865. The van der Waals surface area contributed by atoms with Crippen molar-refractivity contribution in [3.63, 3.8) is 0 Å². The standard InChI is InChI=1S/C6H7N3O3S/c7-5-3-1-2-4-6(5)8-9-13(10,11)12/h1-4H,7H2,(H,10,11,12). The fraction of sp³-hybridized carbons (Fsp3) is 0. The van der Waals surface area contributed by atoms with Crippen LogP contribution in [-0.4, -0.2) is 13.0 Å². The zero-order valence-electron chi connectivity index (χ0n) is 6.45. The van der Waals surface area contributed by atoms with Crippen molar-refractivity contribution < 1.29 is 13.0 Å². The molecular weight excluding hydrogens is 194 g/mol. The minimum Gasteiger partial charge on any atom is -0.397 e.